The minimum Gasteiger partial charge on any atom is -0.466 e. The molecule has 8 nitrogen and oxygen atoms in total. The normalized spacial score (nSPS) is 10.2. The van der Waals surface area contributed by atoms with Crippen molar-refractivity contribution in [2.24, 2.45) is 0 Å². The van der Waals surface area contributed by atoms with Gasteiger partial charge >= 0.3 is 5.97 Å². The van der Waals surface area contributed by atoms with E-state index in [1.54, 1.807) is 31.4 Å². The topological polar surface area (TPSA) is 106 Å². The van der Waals surface area contributed by atoms with Crippen LogP contribution < -0.4 is 16.0 Å². The summed E-state index contributed by atoms with van der Waals surface area (Å²) in [6.45, 7) is 1.17. The van der Waals surface area contributed by atoms with E-state index in [9.17, 15) is 14.4 Å². The van der Waals surface area contributed by atoms with E-state index in [4.69, 9.17) is 21.7 Å². The predicted octanol–water partition coefficient (Wildman–Crippen LogP) is 2.83. The second kappa shape index (κ2) is 14.7. The van der Waals surface area contributed by atoms with Crippen LogP contribution >= 0.6 is 12.2 Å². The molecule has 33 heavy (non-hydrogen) atoms. The van der Waals surface area contributed by atoms with E-state index in [-0.39, 0.29) is 29.8 Å². The molecule has 0 saturated carbocycles. The summed E-state index contributed by atoms with van der Waals surface area (Å²) in [4.78, 5) is 35.8. The van der Waals surface area contributed by atoms with Crippen LogP contribution in [0.25, 0.3) is 0 Å². The Labute approximate surface area is 199 Å². The SMILES string of the molecule is COCCNC(=O)c1ccc(NC(=S)NC(=O)CCC(=O)OCCCc2ccccc2)cc1. The molecule has 2 rings (SSSR count). The fourth-order valence-corrected chi connectivity index (χ4v) is 3.05. The number of ether oxygens (including phenoxy) is 2. The zero-order valence-corrected chi connectivity index (χ0v) is 19.4. The van der Waals surface area contributed by atoms with Crippen LogP contribution in [0.4, 0.5) is 5.69 Å². The first-order chi connectivity index (χ1) is 16.0. The van der Waals surface area contributed by atoms with Gasteiger partial charge in [0.1, 0.15) is 0 Å². The number of benzene rings is 2. The van der Waals surface area contributed by atoms with Gasteiger partial charge in [0.25, 0.3) is 5.91 Å². The zero-order chi connectivity index (χ0) is 23.9. The fourth-order valence-electron chi connectivity index (χ4n) is 2.82. The van der Waals surface area contributed by atoms with Crippen molar-refractivity contribution in [3.63, 3.8) is 0 Å². The Kier molecular flexibility index (Phi) is 11.6. The first-order valence-electron chi connectivity index (χ1n) is 10.7. The van der Waals surface area contributed by atoms with Crippen LogP contribution in [-0.2, 0) is 25.5 Å². The third-order valence-electron chi connectivity index (χ3n) is 4.52. The molecule has 0 bridgehead atoms. The van der Waals surface area contributed by atoms with Crippen molar-refractivity contribution in [3.05, 3.63) is 65.7 Å². The molecule has 0 heterocycles. The van der Waals surface area contributed by atoms with Crippen LogP contribution in [0.5, 0.6) is 0 Å². The molecule has 0 aromatic heterocycles. The van der Waals surface area contributed by atoms with Gasteiger partial charge in [0.15, 0.2) is 5.11 Å². The molecule has 2 amide bonds. The molecule has 3 N–H and O–H groups in total. The van der Waals surface area contributed by atoms with Crippen molar-refractivity contribution in [2.75, 3.05) is 32.2 Å². The summed E-state index contributed by atoms with van der Waals surface area (Å²) < 4.78 is 10.1. The van der Waals surface area contributed by atoms with Gasteiger partial charge in [-0.1, -0.05) is 30.3 Å². The Morgan fingerprint density at radius 2 is 1.67 bits per heavy atom. The summed E-state index contributed by atoms with van der Waals surface area (Å²) in [7, 11) is 1.56. The maximum absolute atomic E-state index is 12.0. The molecule has 0 aliphatic carbocycles. The second-order valence-electron chi connectivity index (χ2n) is 7.14. The average Bonchev–Trinajstić information content (AvgIpc) is 2.81. The van der Waals surface area contributed by atoms with Crippen LogP contribution in [0.1, 0.15) is 35.2 Å². The highest BCUT2D eigenvalue weighted by atomic mass is 32.1. The number of rotatable bonds is 12. The fraction of sp³-hybridized carbons (Fsp3) is 0.333. The molecule has 9 heteroatoms. The Bertz CT molecular complexity index is 919. The van der Waals surface area contributed by atoms with Gasteiger partial charge in [-0.2, -0.15) is 0 Å². The van der Waals surface area contributed by atoms with Gasteiger partial charge in [0.2, 0.25) is 5.91 Å². The molecule has 0 aliphatic heterocycles. The van der Waals surface area contributed by atoms with Crippen LogP contribution in [0.2, 0.25) is 0 Å². The number of aryl methyl sites for hydroxylation is 1. The summed E-state index contributed by atoms with van der Waals surface area (Å²) in [5, 5.41) is 8.23. The highest BCUT2D eigenvalue weighted by Crippen LogP contribution is 2.09. The van der Waals surface area contributed by atoms with Crippen LogP contribution in [0.3, 0.4) is 0 Å². The van der Waals surface area contributed by atoms with E-state index < -0.39 is 5.97 Å². The molecular formula is C24H29N3O5S. The monoisotopic (exact) mass is 471 g/mol. The van der Waals surface area contributed by atoms with Gasteiger partial charge in [0.05, 0.1) is 19.6 Å². The summed E-state index contributed by atoms with van der Waals surface area (Å²) in [5.41, 5.74) is 2.30. The number of thiocarbonyl (C=S) groups is 1. The van der Waals surface area contributed by atoms with Gasteiger partial charge in [0, 0.05) is 31.3 Å². The van der Waals surface area contributed by atoms with E-state index in [1.165, 1.54) is 5.56 Å². The standard InChI is InChI=1S/C24H29N3O5S/c1-31-17-15-25-23(30)19-9-11-20(12-10-19)26-24(33)27-21(28)13-14-22(29)32-16-5-8-18-6-3-2-4-7-18/h2-4,6-7,9-12H,5,8,13-17H2,1H3,(H,25,30)(H2,26,27,28,33). The highest BCUT2D eigenvalue weighted by Gasteiger charge is 2.10. The lowest BCUT2D eigenvalue weighted by atomic mass is 10.1. The molecule has 2 aromatic rings. The lowest BCUT2D eigenvalue weighted by Gasteiger charge is -2.10. The number of esters is 1. The van der Waals surface area contributed by atoms with Crippen molar-refractivity contribution >= 4 is 40.8 Å². The molecule has 0 fully saturated rings. The zero-order valence-electron chi connectivity index (χ0n) is 18.6. The van der Waals surface area contributed by atoms with Crippen molar-refractivity contribution in [2.45, 2.75) is 25.7 Å². The van der Waals surface area contributed by atoms with Crippen LogP contribution in [0, 0.1) is 0 Å². The van der Waals surface area contributed by atoms with E-state index in [0.717, 1.165) is 12.8 Å². The number of hydrogen-bond acceptors (Lipinski definition) is 6. The Morgan fingerprint density at radius 1 is 0.939 bits per heavy atom. The van der Waals surface area contributed by atoms with E-state index >= 15 is 0 Å². The van der Waals surface area contributed by atoms with Crippen LogP contribution in [0.15, 0.2) is 54.6 Å². The quantitative estimate of drug-likeness (QED) is 0.248. The molecule has 0 aliphatic rings. The molecule has 0 spiro atoms. The summed E-state index contributed by atoms with van der Waals surface area (Å²) in [6.07, 6.45) is 1.50. The maximum atomic E-state index is 12.0. The number of methoxy groups -OCH3 is 1. The molecule has 176 valence electrons. The summed E-state index contributed by atoms with van der Waals surface area (Å²) in [6, 6.07) is 16.6. The van der Waals surface area contributed by atoms with E-state index in [2.05, 4.69) is 16.0 Å². The number of amides is 2. The number of carbonyl (C=O) groups is 3. The maximum Gasteiger partial charge on any atom is 0.306 e. The number of nitrogens with one attached hydrogen (secondary N) is 3. The number of hydrogen-bond donors (Lipinski definition) is 3. The van der Waals surface area contributed by atoms with E-state index in [0.29, 0.717) is 31.0 Å². The minimum absolute atomic E-state index is 0.0212. The molecule has 0 radical (unpaired) electrons. The van der Waals surface area contributed by atoms with E-state index in [1.807, 2.05) is 30.3 Å². The third kappa shape index (κ3) is 10.7. The van der Waals surface area contributed by atoms with Gasteiger partial charge < -0.3 is 25.4 Å². The van der Waals surface area contributed by atoms with Crippen molar-refractivity contribution < 1.29 is 23.9 Å². The molecule has 2 aromatic carbocycles. The number of carbonyl (C=O) groups excluding carboxylic acids is 3. The summed E-state index contributed by atoms with van der Waals surface area (Å²) in [5.74, 6) is -1.01. The largest absolute Gasteiger partial charge is 0.466 e. The Balaban J connectivity index is 1.61. The highest BCUT2D eigenvalue weighted by molar-refractivity contribution is 7.80. The van der Waals surface area contributed by atoms with Gasteiger partial charge in [-0.05, 0) is 54.9 Å². The van der Waals surface area contributed by atoms with Crippen molar-refractivity contribution in [1.29, 1.82) is 0 Å². The second-order valence-corrected chi connectivity index (χ2v) is 7.55. The Hall–Kier alpha value is -3.30. The Morgan fingerprint density at radius 3 is 2.36 bits per heavy atom. The van der Waals surface area contributed by atoms with Gasteiger partial charge in [-0.15, -0.1) is 0 Å². The lowest BCUT2D eigenvalue weighted by molar-refractivity contribution is -0.145. The first kappa shape index (κ1) is 26.0. The first-order valence-corrected chi connectivity index (χ1v) is 11.1. The van der Waals surface area contributed by atoms with Gasteiger partial charge in [-0.3, -0.25) is 14.4 Å². The molecule has 0 saturated heterocycles. The predicted molar refractivity (Wildman–Crippen MR) is 130 cm³/mol. The lowest BCUT2D eigenvalue weighted by Crippen LogP contribution is -2.34. The van der Waals surface area contributed by atoms with Crippen molar-refractivity contribution in [1.82, 2.24) is 10.6 Å². The van der Waals surface area contributed by atoms with Crippen LogP contribution in [-0.4, -0.2) is 49.8 Å². The smallest absolute Gasteiger partial charge is 0.306 e. The summed E-state index contributed by atoms with van der Waals surface area (Å²) >= 11 is 5.13. The van der Waals surface area contributed by atoms with Crippen molar-refractivity contribution in [3.8, 4) is 0 Å². The molecule has 0 unspecified atom stereocenters. The minimum atomic E-state index is -0.420. The third-order valence-corrected chi connectivity index (χ3v) is 4.73. The van der Waals surface area contributed by atoms with Gasteiger partial charge in [-0.25, -0.2) is 0 Å². The average molecular weight is 472 g/mol. The number of anilines is 1. The molecule has 0 atom stereocenters. The molecular weight excluding hydrogens is 442 g/mol.